The maximum atomic E-state index is 12.4. The van der Waals surface area contributed by atoms with Gasteiger partial charge in [-0.3, -0.25) is 4.79 Å². The lowest BCUT2D eigenvalue weighted by Gasteiger charge is -2.20. The van der Waals surface area contributed by atoms with Gasteiger partial charge in [0.25, 0.3) is 5.91 Å². The summed E-state index contributed by atoms with van der Waals surface area (Å²) in [4.78, 5) is 14.9. The molecule has 0 bridgehead atoms. The van der Waals surface area contributed by atoms with E-state index in [1.807, 2.05) is 25.1 Å². The topological polar surface area (TPSA) is 66.5 Å². The lowest BCUT2D eigenvalue weighted by atomic mass is 10.1. The monoisotopic (exact) mass is 358 g/mol. The molecule has 2 aromatic carbocycles. The van der Waals surface area contributed by atoms with E-state index >= 15 is 0 Å². The van der Waals surface area contributed by atoms with Gasteiger partial charge in [-0.15, -0.1) is 0 Å². The van der Waals surface area contributed by atoms with E-state index in [-0.39, 0.29) is 10.8 Å². The zero-order valence-electron chi connectivity index (χ0n) is 14.5. The largest absolute Gasteiger partial charge is 0.371 e. The second kappa shape index (κ2) is 6.88. The number of carbonyl (C=O) groups is 1. The molecule has 1 amide bonds. The van der Waals surface area contributed by atoms with Gasteiger partial charge in [-0.05, 0) is 67.8 Å². The number of carbonyl (C=O) groups excluding carboxylic acids is 1. The van der Waals surface area contributed by atoms with E-state index in [1.54, 1.807) is 0 Å². The average molecular weight is 358 g/mol. The Morgan fingerprint density at radius 3 is 2.24 bits per heavy atom. The highest BCUT2D eigenvalue weighted by atomic mass is 32.2. The summed E-state index contributed by atoms with van der Waals surface area (Å²) in [6, 6.07) is 11.9. The van der Waals surface area contributed by atoms with Crippen molar-refractivity contribution in [3.63, 3.8) is 0 Å². The van der Waals surface area contributed by atoms with Crippen LogP contribution in [-0.2, 0) is 9.84 Å². The first kappa shape index (κ1) is 17.5. The van der Waals surface area contributed by atoms with Gasteiger partial charge >= 0.3 is 0 Å². The highest BCUT2D eigenvalue weighted by molar-refractivity contribution is 7.90. The summed E-state index contributed by atoms with van der Waals surface area (Å²) in [6.07, 6.45) is 3.59. The van der Waals surface area contributed by atoms with Crippen LogP contribution in [0.15, 0.2) is 47.4 Å². The molecule has 2 aromatic rings. The van der Waals surface area contributed by atoms with Gasteiger partial charge in [0.15, 0.2) is 9.84 Å². The minimum atomic E-state index is -3.26. The predicted molar refractivity (Wildman–Crippen MR) is 100 cm³/mol. The van der Waals surface area contributed by atoms with Crippen molar-refractivity contribution in [1.82, 2.24) is 0 Å². The molecule has 1 N–H and O–H groups in total. The van der Waals surface area contributed by atoms with Crippen molar-refractivity contribution in [1.29, 1.82) is 0 Å². The second-order valence-electron chi connectivity index (χ2n) is 6.45. The molecule has 5 nitrogen and oxygen atoms in total. The van der Waals surface area contributed by atoms with E-state index in [2.05, 4.69) is 10.2 Å². The molecule has 0 radical (unpaired) electrons. The molecule has 0 aliphatic carbocycles. The number of benzene rings is 2. The van der Waals surface area contributed by atoms with E-state index in [1.165, 1.54) is 42.8 Å². The van der Waals surface area contributed by atoms with Crippen LogP contribution in [0.4, 0.5) is 11.4 Å². The molecule has 25 heavy (non-hydrogen) atoms. The summed E-state index contributed by atoms with van der Waals surface area (Å²) >= 11 is 0. The Labute approximate surface area is 148 Å². The number of aryl methyl sites for hydroxylation is 1. The van der Waals surface area contributed by atoms with Gasteiger partial charge in [-0.25, -0.2) is 8.42 Å². The van der Waals surface area contributed by atoms with Gasteiger partial charge in [-0.2, -0.15) is 0 Å². The fourth-order valence-electron chi connectivity index (χ4n) is 3.10. The summed E-state index contributed by atoms with van der Waals surface area (Å²) in [5.41, 5.74) is 3.51. The highest BCUT2D eigenvalue weighted by Crippen LogP contribution is 2.27. The van der Waals surface area contributed by atoms with Gasteiger partial charge in [0.05, 0.1) is 4.90 Å². The van der Waals surface area contributed by atoms with Crippen molar-refractivity contribution in [2.75, 3.05) is 29.6 Å². The van der Waals surface area contributed by atoms with E-state index in [0.717, 1.165) is 30.6 Å². The van der Waals surface area contributed by atoms with E-state index < -0.39 is 9.84 Å². The summed E-state index contributed by atoms with van der Waals surface area (Å²) in [7, 11) is -3.26. The van der Waals surface area contributed by atoms with Crippen molar-refractivity contribution in [3.8, 4) is 0 Å². The summed E-state index contributed by atoms with van der Waals surface area (Å²) < 4.78 is 23.0. The third kappa shape index (κ3) is 4.02. The van der Waals surface area contributed by atoms with E-state index in [4.69, 9.17) is 0 Å². The van der Waals surface area contributed by atoms with Gasteiger partial charge in [0, 0.05) is 36.3 Å². The first-order chi connectivity index (χ1) is 11.8. The van der Waals surface area contributed by atoms with Crippen LogP contribution in [0.25, 0.3) is 0 Å². The molecule has 1 heterocycles. The SMILES string of the molecule is Cc1cc(NC(=O)c2ccc(S(C)(=O)=O)cc2)ccc1N1CCCC1. The molecule has 0 unspecified atom stereocenters. The predicted octanol–water partition coefficient (Wildman–Crippen LogP) is 3.25. The van der Waals surface area contributed by atoms with Crippen LogP contribution < -0.4 is 10.2 Å². The van der Waals surface area contributed by atoms with Crippen molar-refractivity contribution in [2.45, 2.75) is 24.7 Å². The molecular weight excluding hydrogens is 336 g/mol. The molecule has 6 heteroatoms. The fourth-order valence-corrected chi connectivity index (χ4v) is 3.73. The van der Waals surface area contributed by atoms with Crippen LogP contribution in [0.5, 0.6) is 0 Å². The molecule has 132 valence electrons. The Kier molecular flexibility index (Phi) is 4.81. The Morgan fingerprint density at radius 1 is 1.04 bits per heavy atom. The smallest absolute Gasteiger partial charge is 0.255 e. The number of hydrogen-bond donors (Lipinski definition) is 1. The average Bonchev–Trinajstić information content (AvgIpc) is 3.08. The van der Waals surface area contributed by atoms with Gasteiger partial charge in [0.2, 0.25) is 0 Å². The van der Waals surface area contributed by atoms with E-state index in [9.17, 15) is 13.2 Å². The van der Waals surface area contributed by atoms with Crippen molar-refractivity contribution in [3.05, 3.63) is 53.6 Å². The summed E-state index contributed by atoms with van der Waals surface area (Å²) in [5.74, 6) is -0.256. The van der Waals surface area contributed by atoms with E-state index in [0.29, 0.717) is 5.56 Å². The van der Waals surface area contributed by atoms with Crippen molar-refractivity contribution < 1.29 is 13.2 Å². The molecule has 1 aliphatic rings. The number of rotatable bonds is 4. The van der Waals surface area contributed by atoms with Gasteiger partial charge in [-0.1, -0.05) is 0 Å². The molecule has 1 fully saturated rings. The van der Waals surface area contributed by atoms with Crippen LogP contribution in [0.1, 0.15) is 28.8 Å². The third-order valence-corrected chi connectivity index (χ3v) is 5.57. The number of nitrogens with zero attached hydrogens (tertiary/aromatic N) is 1. The summed E-state index contributed by atoms with van der Waals surface area (Å²) in [5, 5.41) is 2.87. The van der Waals surface area contributed by atoms with Crippen LogP contribution in [0.3, 0.4) is 0 Å². The Balaban J connectivity index is 1.73. The lowest BCUT2D eigenvalue weighted by Crippen LogP contribution is -2.19. The second-order valence-corrected chi connectivity index (χ2v) is 8.46. The molecule has 3 rings (SSSR count). The zero-order valence-corrected chi connectivity index (χ0v) is 15.3. The zero-order chi connectivity index (χ0) is 18.0. The van der Waals surface area contributed by atoms with Crippen LogP contribution in [0.2, 0.25) is 0 Å². The fraction of sp³-hybridized carbons (Fsp3) is 0.316. The number of amides is 1. The van der Waals surface area contributed by atoms with Crippen molar-refractivity contribution in [2.24, 2.45) is 0 Å². The number of anilines is 2. The quantitative estimate of drug-likeness (QED) is 0.911. The Hall–Kier alpha value is -2.34. The van der Waals surface area contributed by atoms with Crippen LogP contribution >= 0.6 is 0 Å². The molecule has 0 spiro atoms. The minimum absolute atomic E-state index is 0.204. The summed E-state index contributed by atoms with van der Waals surface area (Å²) in [6.45, 7) is 4.21. The molecule has 0 atom stereocenters. The number of hydrogen-bond acceptors (Lipinski definition) is 4. The van der Waals surface area contributed by atoms with Gasteiger partial charge < -0.3 is 10.2 Å². The molecule has 0 saturated carbocycles. The van der Waals surface area contributed by atoms with Gasteiger partial charge in [0.1, 0.15) is 0 Å². The molecule has 1 aliphatic heterocycles. The Morgan fingerprint density at radius 2 is 1.68 bits per heavy atom. The molecule has 1 saturated heterocycles. The maximum absolute atomic E-state index is 12.4. The first-order valence-electron chi connectivity index (χ1n) is 8.32. The highest BCUT2D eigenvalue weighted by Gasteiger charge is 2.15. The Bertz CT molecular complexity index is 883. The maximum Gasteiger partial charge on any atom is 0.255 e. The van der Waals surface area contributed by atoms with Crippen LogP contribution in [0, 0.1) is 6.92 Å². The van der Waals surface area contributed by atoms with Crippen molar-refractivity contribution >= 4 is 27.1 Å². The minimum Gasteiger partial charge on any atom is -0.371 e. The number of nitrogens with one attached hydrogen (secondary N) is 1. The standard InChI is InChI=1S/C19H22N2O3S/c1-14-13-16(7-10-18(14)21-11-3-4-12-21)20-19(22)15-5-8-17(9-6-15)25(2,23)24/h5-10,13H,3-4,11-12H2,1-2H3,(H,20,22). The normalized spacial score (nSPS) is 14.6. The first-order valence-corrected chi connectivity index (χ1v) is 10.2. The van der Waals surface area contributed by atoms with Crippen LogP contribution in [-0.4, -0.2) is 33.7 Å². The third-order valence-electron chi connectivity index (χ3n) is 4.45. The number of sulfone groups is 1. The molecule has 0 aromatic heterocycles. The molecular formula is C19H22N2O3S. The lowest BCUT2D eigenvalue weighted by molar-refractivity contribution is 0.102.